The third-order valence-corrected chi connectivity index (χ3v) is 2.52. The van der Waals surface area contributed by atoms with Gasteiger partial charge in [0.05, 0.1) is 25.2 Å². The van der Waals surface area contributed by atoms with Crippen molar-refractivity contribution in [1.29, 1.82) is 0 Å². The van der Waals surface area contributed by atoms with Crippen molar-refractivity contribution in [2.45, 2.75) is 38.6 Å². The molecule has 16 heavy (non-hydrogen) atoms. The third kappa shape index (κ3) is 4.18. The summed E-state index contributed by atoms with van der Waals surface area (Å²) in [6.07, 6.45) is 1.13. The van der Waals surface area contributed by atoms with Crippen LogP contribution in [0.4, 0.5) is 0 Å². The maximum absolute atomic E-state index is 11.5. The Labute approximate surface area is 95.5 Å². The minimum absolute atomic E-state index is 0.124. The van der Waals surface area contributed by atoms with Gasteiger partial charge < -0.3 is 14.8 Å². The predicted octanol–water partition coefficient (Wildman–Crippen LogP) is 0.625. The maximum Gasteiger partial charge on any atom is 0.306 e. The molecule has 1 aliphatic heterocycles. The first-order valence-corrected chi connectivity index (χ1v) is 5.60. The Morgan fingerprint density at radius 1 is 1.44 bits per heavy atom. The summed E-state index contributed by atoms with van der Waals surface area (Å²) in [5.74, 6) is -0.452. The molecule has 1 N–H and O–H groups in total. The van der Waals surface area contributed by atoms with Crippen molar-refractivity contribution in [2.24, 2.45) is 0 Å². The van der Waals surface area contributed by atoms with Crippen LogP contribution in [-0.4, -0.2) is 37.2 Å². The second kappa shape index (κ2) is 5.84. The van der Waals surface area contributed by atoms with Crippen LogP contribution in [-0.2, 0) is 19.1 Å². The number of hydrogen-bond acceptors (Lipinski definition) is 4. The first kappa shape index (κ1) is 13.0. The molecule has 1 rings (SSSR count). The van der Waals surface area contributed by atoms with Gasteiger partial charge in [0, 0.05) is 13.0 Å². The van der Waals surface area contributed by atoms with Gasteiger partial charge in [0.2, 0.25) is 5.91 Å². The van der Waals surface area contributed by atoms with Crippen LogP contribution >= 0.6 is 0 Å². The summed E-state index contributed by atoms with van der Waals surface area (Å²) in [4.78, 5) is 22.6. The second-order valence-electron chi connectivity index (χ2n) is 4.22. The number of carbonyl (C=O) groups excluding carboxylic acids is 2. The van der Waals surface area contributed by atoms with E-state index in [4.69, 9.17) is 9.47 Å². The summed E-state index contributed by atoms with van der Waals surface area (Å²) in [6, 6.07) is 0. The summed E-state index contributed by atoms with van der Waals surface area (Å²) >= 11 is 0. The van der Waals surface area contributed by atoms with E-state index in [1.807, 2.05) is 6.92 Å². The maximum atomic E-state index is 11.5. The molecule has 1 fully saturated rings. The predicted molar refractivity (Wildman–Crippen MR) is 57.9 cm³/mol. The van der Waals surface area contributed by atoms with Gasteiger partial charge in [-0.25, -0.2) is 0 Å². The lowest BCUT2D eigenvalue weighted by molar-refractivity contribution is -0.144. The second-order valence-corrected chi connectivity index (χ2v) is 4.22. The van der Waals surface area contributed by atoms with Crippen molar-refractivity contribution < 1.29 is 19.1 Å². The van der Waals surface area contributed by atoms with Crippen molar-refractivity contribution >= 4 is 11.9 Å². The number of nitrogens with one attached hydrogen (secondary N) is 1. The summed E-state index contributed by atoms with van der Waals surface area (Å²) in [5, 5.41) is 2.88. The first-order chi connectivity index (χ1) is 7.56. The molecular weight excluding hydrogens is 210 g/mol. The smallest absolute Gasteiger partial charge is 0.306 e. The highest BCUT2D eigenvalue weighted by atomic mass is 16.5. The Hall–Kier alpha value is -1.10. The van der Waals surface area contributed by atoms with E-state index in [-0.39, 0.29) is 30.3 Å². The summed E-state index contributed by atoms with van der Waals surface area (Å²) in [6.45, 7) is 5.26. The molecule has 5 heteroatoms. The molecule has 92 valence electrons. The van der Waals surface area contributed by atoms with Gasteiger partial charge in [-0.2, -0.15) is 0 Å². The van der Waals surface area contributed by atoms with Crippen LogP contribution in [0.2, 0.25) is 0 Å². The highest BCUT2D eigenvalue weighted by Gasteiger charge is 2.31. The van der Waals surface area contributed by atoms with Gasteiger partial charge in [-0.1, -0.05) is 0 Å². The SMILES string of the molecule is CCOC(=O)CCC(=O)NC1(C)CCOC1. The van der Waals surface area contributed by atoms with E-state index < -0.39 is 0 Å². The molecule has 5 nitrogen and oxygen atoms in total. The van der Waals surface area contributed by atoms with E-state index in [0.29, 0.717) is 19.8 Å². The number of rotatable bonds is 5. The van der Waals surface area contributed by atoms with E-state index in [1.54, 1.807) is 6.92 Å². The Morgan fingerprint density at radius 2 is 2.19 bits per heavy atom. The third-order valence-electron chi connectivity index (χ3n) is 2.52. The van der Waals surface area contributed by atoms with Crippen LogP contribution in [0.5, 0.6) is 0 Å². The number of hydrogen-bond donors (Lipinski definition) is 1. The lowest BCUT2D eigenvalue weighted by Crippen LogP contribution is -2.46. The highest BCUT2D eigenvalue weighted by Crippen LogP contribution is 2.17. The van der Waals surface area contributed by atoms with Gasteiger partial charge >= 0.3 is 5.97 Å². The average Bonchev–Trinajstić information content (AvgIpc) is 2.62. The van der Waals surface area contributed by atoms with Gasteiger partial charge in [0.1, 0.15) is 0 Å². The number of ether oxygens (including phenoxy) is 2. The Balaban J connectivity index is 2.22. The zero-order valence-electron chi connectivity index (χ0n) is 9.88. The molecule has 1 atom stereocenters. The van der Waals surface area contributed by atoms with Gasteiger partial charge in [-0.15, -0.1) is 0 Å². The molecule has 0 radical (unpaired) electrons. The molecule has 0 saturated carbocycles. The molecule has 1 unspecified atom stereocenters. The molecule has 0 aliphatic carbocycles. The standard InChI is InChI=1S/C11H19NO4/c1-3-16-10(14)5-4-9(13)12-11(2)6-7-15-8-11/h3-8H2,1-2H3,(H,12,13). The van der Waals surface area contributed by atoms with Crippen molar-refractivity contribution in [2.75, 3.05) is 19.8 Å². The molecule has 1 aliphatic rings. The van der Waals surface area contributed by atoms with E-state index >= 15 is 0 Å². The summed E-state index contributed by atoms with van der Waals surface area (Å²) < 4.78 is 9.96. The lowest BCUT2D eigenvalue weighted by atomic mass is 10.0. The molecule has 1 amide bonds. The Kier molecular flexibility index (Phi) is 4.73. The molecule has 0 spiro atoms. The number of amides is 1. The summed E-state index contributed by atoms with van der Waals surface area (Å²) in [7, 11) is 0. The van der Waals surface area contributed by atoms with E-state index in [0.717, 1.165) is 6.42 Å². The van der Waals surface area contributed by atoms with E-state index in [2.05, 4.69) is 5.32 Å². The van der Waals surface area contributed by atoms with Gasteiger partial charge in [-0.3, -0.25) is 9.59 Å². The van der Waals surface area contributed by atoms with Crippen molar-refractivity contribution in [3.05, 3.63) is 0 Å². The van der Waals surface area contributed by atoms with E-state index in [1.165, 1.54) is 0 Å². The van der Waals surface area contributed by atoms with Crippen LogP contribution in [0.1, 0.15) is 33.1 Å². The van der Waals surface area contributed by atoms with Gasteiger partial charge in [0.15, 0.2) is 0 Å². The first-order valence-electron chi connectivity index (χ1n) is 5.60. The number of esters is 1. The fraction of sp³-hybridized carbons (Fsp3) is 0.818. The average molecular weight is 229 g/mol. The van der Waals surface area contributed by atoms with Gasteiger partial charge in [-0.05, 0) is 20.3 Å². The topological polar surface area (TPSA) is 64.6 Å². The molecule has 0 aromatic heterocycles. The van der Waals surface area contributed by atoms with Crippen LogP contribution in [0.15, 0.2) is 0 Å². The van der Waals surface area contributed by atoms with Crippen molar-refractivity contribution in [3.8, 4) is 0 Å². The Bertz CT molecular complexity index is 259. The molecule has 0 aromatic rings. The highest BCUT2D eigenvalue weighted by molar-refractivity contribution is 5.81. The minimum Gasteiger partial charge on any atom is -0.466 e. The van der Waals surface area contributed by atoms with Crippen LogP contribution in [0.3, 0.4) is 0 Å². The van der Waals surface area contributed by atoms with Gasteiger partial charge in [0.25, 0.3) is 0 Å². The fourth-order valence-corrected chi connectivity index (χ4v) is 1.61. The summed E-state index contributed by atoms with van der Waals surface area (Å²) in [5.41, 5.74) is -0.272. The van der Waals surface area contributed by atoms with Crippen molar-refractivity contribution in [1.82, 2.24) is 5.32 Å². The fourth-order valence-electron chi connectivity index (χ4n) is 1.61. The zero-order valence-corrected chi connectivity index (χ0v) is 9.88. The molecule has 0 bridgehead atoms. The molecule has 1 heterocycles. The van der Waals surface area contributed by atoms with Crippen LogP contribution < -0.4 is 5.32 Å². The largest absolute Gasteiger partial charge is 0.466 e. The van der Waals surface area contributed by atoms with Crippen LogP contribution in [0.25, 0.3) is 0 Å². The quantitative estimate of drug-likeness (QED) is 0.702. The van der Waals surface area contributed by atoms with Crippen molar-refractivity contribution in [3.63, 3.8) is 0 Å². The zero-order chi connectivity index (χ0) is 12.0. The monoisotopic (exact) mass is 229 g/mol. The van der Waals surface area contributed by atoms with E-state index in [9.17, 15) is 9.59 Å². The number of carbonyl (C=O) groups is 2. The molecule has 0 aromatic carbocycles. The minimum atomic E-state index is -0.328. The molecule has 1 saturated heterocycles. The van der Waals surface area contributed by atoms with Crippen LogP contribution in [0, 0.1) is 0 Å². The molecular formula is C11H19NO4. The lowest BCUT2D eigenvalue weighted by Gasteiger charge is -2.23. The Morgan fingerprint density at radius 3 is 2.75 bits per heavy atom. The normalized spacial score (nSPS) is 24.1.